The van der Waals surface area contributed by atoms with E-state index in [-0.39, 0.29) is 31.1 Å². The quantitative estimate of drug-likeness (QED) is 0.0261. The maximum atomic E-state index is 12.9. The van der Waals surface area contributed by atoms with Gasteiger partial charge in [-0.15, -0.1) is 0 Å². The van der Waals surface area contributed by atoms with Crippen LogP contribution in [0.3, 0.4) is 0 Å². The maximum absolute atomic E-state index is 12.9. The molecule has 0 heterocycles. The van der Waals surface area contributed by atoms with Crippen molar-refractivity contribution in [1.82, 2.24) is 0 Å². The standard InChI is InChI=1S/C68H116O6/c1-4-7-10-13-16-19-22-25-28-30-32-34-36-38-40-43-46-49-52-55-58-61-67(70)73-64-65(63-72-66(69)60-57-54-51-48-45-42-27-24-21-18-15-12-9-6-3)74-68(71)62-59-56-53-50-47-44-41-39-37-35-33-31-29-26-23-20-17-14-11-8-5-2/h7,10,16,19,23,25-26,28,31-34,37-40,65H,4-6,8-9,11-15,17-18,20-22,24,27,29-30,35-36,41-64H2,1-3H3/b10-7-,19-16-,26-23-,28-25-,33-31-,34-32-,39-37-,40-38-. The number of hydrogen-bond acceptors (Lipinski definition) is 6. The Morgan fingerprint density at radius 3 is 0.824 bits per heavy atom. The second kappa shape index (κ2) is 61.9. The monoisotopic (exact) mass is 1030 g/mol. The van der Waals surface area contributed by atoms with Gasteiger partial charge in [-0.05, 0) is 103 Å². The van der Waals surface area contributed by atoms with Crippen LogP contribution in [0.1, 0.15) is 297 Å². The molecule has 6 nitrogen and oxygen atoms in total. The Bertz CT molecular complexity index is 1460. The van der Waals surface area contributed by atoms with E-state index in [1.165, 1.54) is 122 Å². The lowest BCUT2D eigenvalue weighted by Gasteiger charge is -2.18. The summed E-state index contributed by atoms with van der Waals surface area (Å²) in [6, 6.07) is 0. The molecule has 1 atom stereocenters. The minimum atomic E-state index is -0.794. The van der Waals surface area contributed by atoms with Crippen LogP contribution in [0.15, 0.2) is 97.2 Å². The zero-order valence-corrected chi connectivity index (χ0v) is 48.6. The highest BCUT2D eigenvalue weighted by atomic mass is 16.6. The van der Waals surface area contributed by atoms with Crippen LogP contribution in [0.5, 0.6) is 0 Å². The Morgan fingerprint density at radius 1 is 0.284 bits per heavy atom. The summed E-state index contributed by atoms with van der Waals surface area (Å²) >= 11 is 0. The van der Waals surface area contributed by atoms with E-state index in [0.717, 1.165) is 135 Å². The summed E-state index contributed by atoms with van der Waals surface area (Å²) in [5, 5.41) is 0. The van der Waals surface area contributed by atoms with E-state index in [4.69, 9.17) is 14.2 Å². The molecule has 0 saturated heterocycles. The molecule has 74 heavy (non-hydrogen) atoms. The zero-order chi connectivity index (χ0) is 53.6. The molecule has 0 aliphatic rings. The van der Waals surface area contributed by atoms with Gasteiger partial charge < -0.3 is 14.2 Å². The number of allylic oxidation sites excluding steroid dienone is 16. The van der Waals surface area contributed by atoms with Crippen molar-refractivity contribution >= 4 is 17.9 Å². The van der Waals surface area contributed by atoms with E-state index in [1.807, 2.05) is 0 Å². The molecule has 424 valence electrons. The summed E-state index contributed by atoms with van der Waals surface area (Å²) in [7, 11) is 0. The number of carbonyl (C=O) groups is 3. The van der Waals surface area contributed by atoms with Crippen molar-refractivity contribution in [2.45, 2.75) is 303 Å². The molecule has 0 spiro atoms. The highest BCUT2D eigenvalue weighted by Gasteiger charge is 2.19. The second-order valence-corrected chi connectivity index (χ2v) is 20.6. The maximum Gasteiger partial charge on any atom is 0.306 e. The van der Waals surface area contributed by atoms with Crippen molar-refractivity contribution in [2.75, 3.05) is 13.2 Å². The normalized spacial score (nSPS) is 12.7. The molecule has 0 aromatic rings. The largest absolute Gasteiger partial charge is 0.462 e. The number of ether oxygens (including phenoxy) is 3. The van der Waals surface area contributed by atoms with Gasteiger partial charge in [0.1, 0.15) is 13.2 Å². The highest BCUT2D eigenvalue weighted by molar-refractivity contribution is 5.71. The molecule has 0 aromatic carbocycles. The molecule has 0 fully saturated rings. The number of esters is 3. The van der Waals surface area contributed by atoms with Gasteiger partial charge in [-0.2, -0.15) is 0 Å². The van der Waals surface area contributed by atoms with Crippen molar-refractivity contribution < 1.29 is 28.6 Å². The SMILES string of the molecule is CC/C=C\C/C=C\C/C=C\C/C=C\C/C=C\CCCCCCCC(=O)OCC(COC(=O)CCCCCCCCCCCCCCCC)OC(=O)CCCCCCCC/C=C\C/C=C\C/C=C\CCCCCCC. The van der Waals surface area contributed by atoms with Gasteiger partial charge in [0.05, 0.1) is 0 Å². The first-order valence-corrected chi connectivity index (χ1v) is 31.2. The number of carbonyl (C=O) groups excluding carboxylic acids is 3. The minimum absolute atomic E-state index is 0.0876. The molecule has 6 heteroatoms. The molecule has 0 bridgehead atoms. The molecule has 1 unspecified atom stereocenters. The number of rotatable bonds is 56. The van der Waals surface area contributed by atoms with Crippen LogP contribution in [0.2, 0.25) is 0 Å². The van der Waals surface area contributed by atoms with Crippen molar-refractivity contribution in [1.29, 1.82) is 0 Å². The lowest BCUT2D eigenvalue weighted by molar-refractivity contribution is -0.167. The molecular formula is C68H116O6. The Labute approximate surface area is 457 Å². The Balaban J connectivity index is 4.43. The van der Waals surface area contributed by atoms with Crippen molar-refractivity contribution in [3.8, 4) is 0 Å². The smallest absolute Gasteiger partial charge is 0.306 e. The molecule has 0 aromatic heterocycles. The van der Waals surface area contributed by atoms with E-state index in [2.05, 4.69) is 118 Å². The van der Waals surface area contributed by atoms with Crippen molar-refractivity contribution in [2.24, 2.45) is 0 Å². The topological polar surface area (TPSA) is 78.9 Å². The number of unbranched alkanes of at least 4 members (excludes halogenated alkanes) is 29. The third kappa shape index (κ3) is 59.2. The fraction of sp³-hybridized carbons (Fsp3) is 0.721. The predicted octanol–water partition coefficient (Wildman–Crippen LogP) is 21.3. The van der Waals surface area contributed by atoms with Gasteiger partial charge in [-0.3, -0.25) is 14.4 Å². The van der Waals surface area contributed by atoms with E-state index < -0.39 is 6.10 Å². The lowest BCUT2D eigenvalue weighted by Crippen LogP contribution is -2.30. The molecule has 0 amide bonds. The predicted molar refractivity (Wildman–Crippen MR) is 320 cm³/mol. The Hall–Kier alpha value is -3.67. The van der Waals surface area contributed by atoms with Crippen LogP contribution in [-0.4, -0.2) is 37.2 Å². The molecule has 0 saturated carbocycles. The van der Waals surface area contributed by atoms with Gasteiger partial charge in [0.15, 0.2) is 6.10 Å². The average Bonchev–Trinajstić information content (AvgIpc) is 3.40. The van der Waals surface area contributed by atoms with Crippen molar-refractivity contribution in [3.63, 3.8) is 0 Å². The average molecular weight is 1030 g/mol. The third-order valence-electron chi connectivity index (χ3n) is 13.3. The van der Waals surface area contributed by atoms with Gasteiger partial charge in [0.2, 0.25) is 0 Å². The Kier molecular flexibility index (Phi) is 58.8. The van der Waals surface area contributed by atoms with E-state index >= 15 is 0 Å². The molecule has 0 aliphatic carbocycles. The summed E-state index contributed by atoms with van der Waals surface area (Å²) in [5.41, 5.74) is 0. The molecular weight excluding hydrogens is 913 g/mol. The van der Waals surface area contributed by atoms with Gasteiger partial charge in [0.25, 0.3) is 0 Å². The first-order valence-electron chi connectivity index (χ1n) is 31.2. The fourth-order valence-corrected chi connectivity index (χ4v) is 8.65. The van der Waals surface area contributed by atoms with Gasteiger partial charge >= 0.3 is 17.9 Å². The second-order valence-electron chi connectivity index (χ2n) is 20.6. The van der Waals surface area contributed by atoms with Crippen molar-refractivity contribution in [3.05, 3.63) is 97.2 Å². The summed E-state index contributed by atoms with van der Waals surface area (Å²) in [6.45, 7) is 6.51. The van der Waals surface area contributed by atoms with Gasteiger partial charge in [0, 0.05) is 19.3 Å². The van der Waals surface area contributed by atoms with Crippen LogP contribution >= 0.6 is 0 Å². The van der Waals surface area contributed by atoms with E-state index in [9.17, 15) is 14.4 Å². The van der Waals surface area contributed by atoms with Crippen LogP contribution in [0.25, 0.3) is 0 Å². The first kappa shape index (κ1) is 70.3. The summed E-state index contributed by atoms with van der Waals surface area (Å²) in [6.07, 6.45) is 82.5. The van der Waals surface area contributed by atoms with Crippen LogP contribution < -0.4 is 0 Å². The molecule has 0 rings (SSSR count). The highest BCUT2D eigenvalue weighted by Crippen LogP contribution is 2.16. The lowest BCUT2D eigenvalue weighted by atomic mass is 10.0. The van der Waals surface area contributed by atoms with Crippen LogP contribution in [0, 0.1) is 0 Å². The fourth-order valence-electron chi connectivity index (χ4n) is 8.65. The summed E-state index contributed by atoms with van der Waals surface area (Å²) in [5.74, 6) is -0.911. The minimum Gasteiger partial charge on any atom is -0.462 e. The van der Waals surface area contributed by atoms with Gasteiger partial charge in [-0.25, -0.2) is 0 Å². The third-order valence-corrected chi connectivity index (χ3v) is 13.3. The van der Waals surface area contributed by atoms with Gasteiger partial charge in [-0.1, -0.05) is 272 Å². The van der Waals surface area contributed by atoms with E-state index in [0.29, 0.717) is 19.3 Å². The molecule has 0 N–H and O–H groups in total. The molecule has 0 radical (unpaired) electrons. The molecule has 0 aliphatic heterocycles. The Morgan fingerprint density at radius 2 is 0.527 bits per heavy atom. The summed E-state index contributed by atoms with van der Waals surface area (Å²) in [4.78, 5) is 38.3. The zero-order valence-electron chi connectivity index (χ0n) is 48.6. The van der Waals surface area contributed by atoms with Crippen LogP contribution in [0.4, 0.5) is 0 Å². The summed E-state index contributed by atoms with van der Waals surface area (Å²) < 4.78 is 16.9. The van der Waals surface area contributed by atoms with Crippen LogP contribution in [-0.2, 0) is 28.6 Å². The number of hydrogen-bond donors (Lipinski definition) is 0. The first-order chi connectivity index (χ1) is 36.5. The van der Waals surface area contributed by atoms with E-state index in [1.54, 1.807) is 0 Å².